The van der Waals surface area contributed by atoms with Gasteiger partial charge in [-0.3, -0.25) is 19.2 Å². The Morgan fingerprint density at radius 2 is 0.850 bits per heavy atom. The molecule has 0 saturated carbocycles. The zero-order valence-corrected chi connectivity index (χ0v) is 47.6. The van der Waals surface area contributed by atoms with Gasteiger partial charge in [0.05, 0.1) is 107 Å². The van der Waals surface area contributed by atoms with Crippen molar-refractivity contribution in [3.8, 4) is 46.0 Å². The van der Waals surface area contributed by atoms with E-state index in [1.807, 2.05) is 24.3 Å². The number of methoxy groups -OCH3 is 8. The van der Waals surface area contributed by atoms with E-state index in [0.29, 0.717) is 89.7 Å². The minimum Gasteiger partial charge on any atom is -0.497 e. The second-order valence-corrected chi connectivity index (χ2v) is 18.7. The summed E-state index contributed by atoms with van der Waals surface area (Å²) >= 11 is 13.0. The summed E-state index contributed by atoms with van der Waals surface area (Å²) in [5.41, 5.74) is 5.03. The quantitative estimate of drug-likeness (QED) is 0.0657. The van der Waals surface area contributed by atoms with Crippen LogP contribution in [-0.4, -0.2) is 106 Å². The van der Waals surface area contributed by atoms with Crippen molar-refractivity contribution in [1.29, 1.82) is 0 Å². The summed E-state index contributed by atoms with van der Waals surface area (Å²) in [5, 5.41) is 0.903. The lowest BCUT2D eigenvalue weighted by atomic mass is 9.97. The Hall–Kier alpha value is -7.90. The molecule has 0 aliphatic carbocycles. The van der Waals surface area contributed by atoms with Gasteiger partial charge >= 0.3 is 11.9 Å². The first-order chi connectivity index (χ1) is 38.7. The molecule has 0 unspecified atom stereocenters. The van der Waals surface area contributed by atoms with E-state index in [-0.39, 0.29) is 39.1 Å². The molecule has 2 aliphatic heterocycles. The minimum atomic E-state index is -1.17. The van der Waals surface area contributed by atoms with Crippen molar-refractivity contribution in [1.82, 2.24) is 0 Å². The number of benzene rings is 6. The van der Waals surface area contributed by atoms with E-state index in [9.17, 15) is 19.2 Å². The van der Waals surface area contributed by atoms with E-state index in [0.717, 1.165) is 11.1 Å². The third-order valence-corrected chi connectivity index (χ3v) is 13.7. The average molecular weight is 1140 g/mol. The third kappa shape index (κ3) is 13.4. The second-order valence-electron chi connectivity index (χ2n) is 17.8. The zero-order chi connectivity index (χ0) is 57.6. The SMILES string of the molecule is CCOC(=O)C[C@@H]1O[C@H](c2cccc(OC)c2OC)c2cc(Cl)ccc2N(Cc2ccc(OC)cc2OC)C1=O.CCOC(=O)C[C@H]1O[C@H](c2cccc(OC)c2OC)c2cc(Cl)ccc2N(Cc2ccc(OC)cc2OC)C1=O. The normalized spacial score (nSPS) is 16.6. The topological polar surface area (TPSA) is 186 Å². The van der Waals surface area contributed by atoms with Gasteiger partial charge in [-0.1, -0.05) is 47.5 Å². The number of carbonyl (C=O) groups excluding carboxylic acids is 4. The first kappa shape index (κ1) is 59.8. The van der Waals surface area contributed by atoms with Gasteiger partial charge in [0.2, 0.25) is 0 Å². The van der Waals surface area contributed by atoms with Crippen molar-refractivity contribution in [2.45, 2.75) is 64.2 Å². The van der Waals surface area contributed by atoms with Crippen LogP contribution >= 0.6 is 23.2 Å². The average Bonchev–Trinajstić information content (AvgIpc) is 3.65. The number of ether oxygens (including phenoxy) is 12. The lowest BCUT2D eigenvalue weighted by Gasteiger charge is -2.26. The fraction of sp³-hybridized carbons (Fsp3) is 0.333. The number of amides is 2. The molecule has 0 saturated heterocycles. The van der Waals surface area contributed by atoms with Crippen LogP contribution in [-0.2, 0) is 51.2 Å². The number of fused-ring (bicyclic) bond motifs is 2. The number of esters is 2. The molecule has 18 nitrogen and oxygen atoms in total. The van der Waals surface area contributed by atoms with Crippen LogP contribution in [0.25, 0.3) is 0 Å². The Morgan fingerprint density at radius 3 is 1.19 bits per heavy atom. The first-order valence-electron chi connectivity index (χ1n) is 25.4. The summed E-state index contributed by atoms with van der Waals surface area (Å²) in [4.78, 5) is 56.7. The molecule has 4 atom stereocenters. The molecular formula is C60H64Cl2N2O16. The maximum Gasteiger partial charge on any atom is 0.308 e. The standard InChI is InChI=1S/2C30H32ClNO8/c2*1-6-39-27(33)16-26-30(34)32(17-18-10-12-20(35-2)15-25(18)37-4)23-13-11-19(31)14-22(23)28(40-26)21-8-7-9-24(36-3)29(21)38-5/h2*7-15,26,28H,6,16-17H2,1-5H3/t26-,28+;26-,28-/m01/s1. The summed E-state index contributed by atoms with van der Waals surface area (Å²) in [6, 6.07) is 32.0. The highest BCUT2D eigenvalue weighted by Gasteiger charge is 2.42. The number of halogens is 2. The molecule has 0 aromatic heterocycles. The van der Waals surface area contributed by atoms with Gasteiger partial charge in [0.25, 0.3) is 11.8 Å². The van der Waals surface area contributed by atoms with Crippen molar-refractivity contribution in [2.75, 3.05) is 79.9 Å². The summed E-state index contributed by atoms with van der Waals surface area (Å²) in [5.74, 6) is 2.23. The number of hydrogen-bond acceptors (Lipinski definition) is 16. The van der Waals surface area contributed by atoms with Crippen LogP contribution in [0, 0.1) is 0 Å². The molecule has 0 spiro atoms. The van der Waals surface area contributed by atoms with Crippen LogP contribution in [0.15, 0.2) is 109 Å². The Labute approximate surface area is 475 Å². The largest absolute Gasteiger partial charge is 0.497 e. The van der Waals surface area contributed by atoms with Crippen molar-refractivity contribution in [3.05, 3.63) is 153 Å². The van der Waals surface area contributed by atoms with E-state index in [1.54, 1.807) is 137 Å². The van der Waals surface area contributed by atoms with Gasteiger partial charge in [-0.2, -0.15) is 0 Å². The van der Waals surface area contributed by atoms with E-state index >= 15 is 0 Å². The molecule has 2 aliphatic rings. The van der Waals surface area contributed by atoms with E-state index in [1.165, 1.54) is 28.4 Å². The molecule has 0 N–H and O–H groups in total. The number of para-hydroxylation sites is 2. The van der Waals surface area contributed by atoms with Crippen molar-refractivity contribution < 1.29 is 76.0 Å². The summed E-state index contributed by atoms with van der Waals surface area (Å²) < 4.78 is 67.6. The van der Waals surface area contributed by atoms with Crippen LogP contribution in [0.3, 0.4) is 0 Å². The number of carbonyl (C=O) groups is 4. The van der Waals surface area contributed by atoms with E-state index < -0.39 is 48.2 Å². The van der Waals surface area contributed by atoms with Gasteiger partial charge in [0, 0.05) is 55.6 Å². The highest BCUT2D eigenvalue weighted by atomic mass is 35.5. The van der Waals surface area contributed by atoms with Crippen molar-refractivity contribution >= 4 is 58.3 Å². The summed E-state index contributed by atoms with van der Waals surface area (Å²) in [7, 11) is 12.4. The molecular weight excluding hydrogens is 1080 g/mol. The van der Waals surface area contributed by atoms with Gasteiger partial charge in [-0.25, -0.2) is 0 Å². The number of hydrogen-bond donors (Lipinski definition) is 0. The molecule has 8 rings (SSSR count). The lowest BCUT2D eigenvalue weighted by molar-refractivity contribution is -0.151. The second kappa shape index (κ2) is 27.8. The van der Waals surface area contributed by atoms with Gasteiger partial charge in [-0.05, 0) is 86.6 Å². The summed E-state index contributed by atoms with van der Waals surface area (Å²) in [6.07, 6.45) is -4.57. The van der Waals surface area contributed by atoms with Crippen LogP contribution in [0.4, 0.5) is 11.4 Å². The fourth-order valence-electron chi connectivity index (χ4n) is 9.50. The highest BCUT2D eigenvalue weighted by molar-refractivity contribution is 6.31. The van der Waals surface area contributed by atoms with E-state index in [4.69, 9.17) is 80.0 Å². The fourth-order valence-corrected chi connectivity index (χ4v) is 9.86. The van der Waals surface area contributed by atoms with Crippen molar-refractivity contribution in [3.63, 3.8) is 0 Å². The highest BCUT2D eigenvalue weighted by Crippen LogP contribution is 2.48. The Bertz CT molecular complexity index is 2960. The molecule has 0 radical (unpaired) electrons. The minimum absolute atomic E-state index is 0.130. The Kier molecular flexibility index (Phi) is 20.8. The summed E-state index contributed by atoms with van der Waals surface area (Å²) in [6.45, 7) is 4.02. The van der Waals surface area contributed by atoms with Gasteiger partial charge in [-0.15, -0.1) is 0 Å². The monoisotopic (exact) mass is 1140 g/mol. The zero-order valence-electron chi connectivity index (χ0n) is 46.1. The first-order valence-corrected chi connectivity index (χ1v) is 26.1. The molecule has 0 bridgehead atoms. The van der Waals surface area contributed by atoms with Gasteiger partial charge in [0.1, 0.15) is 47.4 Å². The van der Waals surface area contributed by atoms with Crippen LogP contribution in [0.1, 0.15) is 72.3 Å². The smallest absolute Gasteiger partial charge is 0.308 e. The predicted octanol–water partition coefficient (Wildman–Crippen LogP) is 10.7. The molecule has 6 aromatic carbocycles. The van der Waals surface area contributed by atoms with Crippen LogP contribution in [0.2, 0.25) is 10.0 Å². The van der Waals surface area contributed by atoms with E-state index in [2.05, 4.69) is 0 Å². The number of rotatable bonds is 20. The number of anilines is 2. The van der Waals surface area contributed by atoms with Gasteiger partial charge in [0.15, 0.2) is 23.0 Å². The molecule has 2 amide bonds. The van der Waals surface area contributed by atoms with Crippen molar-refractivity contribution in [2.24, 2.45) is 0 Å². The molecule has 0 fully saturated rings. The number of nitrogens with zero attached hydrogens (tertiary/aromatic N) is 2. The molecule has 424 valence electrons. The molecule has 6 aromatic rings. The Morgan fingerprint density at radius 1 is 0.463 bits per heavy atom. The van der Waals surface area contributed by atoms with Crippen LogP contribution in [0.5, 0.6) is 46.0 Å². The molecule has 80 heavy (non-hydrogen) atoms. The van der Waals surface area contributed by atoms with Gasteiger partial charge < -0.3 is 66.6 Å². The molecule has 2 heterocycles. The maximum atomic E-state index is 14.2. The van der Waals surface area contributed by atoms with Crippen LogP contribution < -0.4 is 47.7 Å². The third-order valence-electron chi connectivity index (χ3n) is 13.2. The maximum absolute atomic E-state index is 14.2. The Balaban J connectivity index is 0.000000231. The lowest BCUT2D eigenvalue weighted by Crippen LogP contribution is -2.40. The predicted molar refractivity (Wildman–Crippen MR) is 299 cm³/mol. The molecule has 20 heteroatoms.